The van der Waals surface area contributed by atoms with Crippen molar-refractivity contribution in [2.24, 2.45) is 0 Å². The Morgan fingerprint density at radius 1 is 1.31 bits per heavy atom. The minimum absolute atomic E-state index is 0.0588. The van der Waals surface area contributed by atoms with Crippen LogP contribution < -0.4 is 5.32 Å². The number of rotatable bonds is 5. The van der Waals surface area contributed by atoms with Crippen molar-refractivity contribution in [3.63, 3.8) is 0 Å². The first-order valence-electron chi connectivity index (χ1n) is 8.78. The van der Waals surface area contributed by atoms with Gasteiger partial charge < -0.3 is 9.84 Å². The highest BCUT2D eigenvalue weighted by molar-refractivity contribution is 7.89. The van der Waals surface area contributed by atoms with E-state index in [1.54, 1.807) is 23.4 Å². The highest BCUT2D eigenvalue weighted by atomic mass is 32.2. The number of nitrogens with one attached hydrogen (secondary N) is 1. The molecule has 1 amide bonds. The highest BCUT2D eigenvalue weighted by Crippen LogP contribution is 2.27. The van der Waals surface area contributed by atoms with Gasteiger partial charge in [0.15, 0.2) is 5.69 Å². The van der Waals surface area contributed by atoms with Crippen LogP contribution in [0.15, 0.2) is 39.8 Å². The predicted molar refractivity (Wildman–Crippen MR) is 97.5 cm³/mol. The zero-order valence-corrected chi connectivity index (χ0v) is 15.8. The lowest BCUT2D eigenvalue weighted by Gasteiger charge is -2.34. The van der Waals surface area contributed by atoms with E-state index in [-0.39, 0.29) is 16.6 Å². The molecule has 0 spiro atoms. The Morgan fingerprint density at radius 2 is 2.04 bits per heavy atom. The monoisotopic (exact) mass is 377 g/mol. The Morgan fingerprint density at radius 3 is 2.65 bits per heavy atom. The van der Waals surface area contributed by atoms with Gasteiger partial charge in [0.05, 0.1) is 4.90 Å². The molecule has 1 aromatic carbocycles. The quantitative estimate of drug-likeness (QED) is 0.864. The second-order valence-electron chi connectivity index (χ2n) is 6.47. The standard InChI is InChI=1S/C18H23N3O4S/c1-3-15-6-4-5-11-21(15)26(23,24)16-9-7-14(8-10-16)19-18(22)17-12-13(2)25-20-17/h7-10,12,15H,3-6,11H2,1-2H3,(H,19,22)/t15-/m1/s1. The van der Waals surface area contributed by atoms with E-state index in [2.05, 4.69) is 10.5 Å². The van der Waals surface area contributed by atoms with Crippen molar-refractivity contribution in [2.75, 3.05) is 11.9 Å². The number of hydrogen-bond acceptors (Lipinski definition) is 5. The zero-order valence-electron chi connectivity index (χ0n) is 14.9. The molecule has 3 rings (SSSR count). The van der Waals surface area contributed by atoms with Crippen LogP contribution >= 0.6 is 0 Å². The first kappa shape index (κ1) is 18.6. The van der Waals surface area contributed by atoms with E-state index in [9.17, 15) is 13.2 Å². The zero-order chi connectivity index (χ0) is 18.7. The van der Waals surface area contributed by atoms with E-state index in [0.29, 0.717) is 18.0 Å². The summed E-state index contributed by atoms with van der Waals surface area (Å²) in [6, 6.07) is 7.82. The summed E-state index contributed by atoms with van der Waals surface area (Å²) < 4.78 is 32.4. The van der Waals surface area contributed by atoms with Crippen molar-refractivity contribution in [1.29, 1.82) is 0 Å². The minimum Gasteiger partial charge on any atom is -0.361 e. The maximum absolute atomic E-state index is 12.9. The van der Waals surface area contributed by atoms with Crippen LogP contribution in [0, 0.1) is 6.92 Å². The number of carbonyl (C=O) groups excluding carboxylic acids is 1. The van der Waals surface area contributed by atoms with E-state index in [1.807, 2.05) is 6.92 Å². The van der Waals surface area contributed by atoms with Crippen molar-refractivity contribution < 1.29 is 17.7 Å². The van der Waals surface area contributed by atoms with Gasteiger partial charge in [-0.15, -0.1) is 0 Å². The first-order chi connectivity index (χ1) is 12.4. The van der Waals surface area contributed by atoms with Crippen LogP contribution in [0.3, 0.4) is 0 Å². The number of sulfonamides is 1. The largest absolute Gasteiger partial charge is 0.361 e. The van der Waals surface area contributed by atoms with E-state index >= 15 is 0 Å². The van der Waals surface area contributed by atoms with Crippen LogP contribution in [0.4, 0.5) is 5.69 Å². The number of aryl methyl sites for hydroxylation is 1. The smallest absolute Gasteiger partial charge is 0.277 e. The molecule has 1 atom stereocenters. The number of nitrogens with zero attached hydrogens (tertiary/aromatic N) is 2. The average Bonchev–Trinajstić information content (AvgIpc) is 3.08. The SMILES string of the molecule is CC[C@@H]1CCCCN1S(=O)(=O)c1ccc(NC(=O)c2cc(C)on2)cc1. The molecule has 1 fully saturated rings. The summed E-state index contributed by atoms with van der Waals surface area (Å²) in [6.45, 7) is 4.28. The Bertz CT molecular complexity index is 874. The Labute approximate surface area is 153 Å². The molecule has 1 saturated heterocycles. The fraction of sp³-hybridized carbons (Fsp3) is 0.444. The van der Waals surface area contributed by atoms with Gasteiger partial charge in [0.25, 0.3) is 5.91 Å². The molecule has 1 aliphatic heterocycles. The van der Waals surface area contributed by atoms with Crippen molar-refractivity contribution >= 4 is 21.6 Å². The molecule has 0 unspecified atom stereocenters. The number of anilines is 1. The molecule has 1 aliphatic rings. The lowest BCUT2D eigenvalue weighted by Crippen LogP contribution is -2.43. The van der Waals surface area contributed by atoms with Gasteiger partial charge in [0, 0.05) is 24.3 Å². The fourth-order valence-electron chi connectivity index (χ4n) is 3.21. The third kappa shape index (κ3) is 3.81. The first-order valence-corrected chi connectivity index (χ1v) is 10.2. The molecular weight excluding hydrogens is 354 g/mol. The molecule has 1 N–H and O–H groups in total. The molecule has 1 aromatic heterocycles. The van der Waals surface area contributed by atoms with Crippen molar-refractivity contribution in [1.82, 2.24) is 9.46 Å². The van der Waals surface area contributed by atoms with E-state index < -0.39 is 15.9 Å². The average molecular weight is 377 g/mol. The number of benzene rings is 1. The second kappa shape index (κ2) is 7.59. The van der Waals surface area contributed by atoms with Crippen LogP contribution in [-0.2, 0) is 10.0 Å². The summed E-state index contributed by atoms with van der Waals surface area (Å²) in [5, 5.41) is 6.34. The molecule has 7 nitrogen and oxygen atoms in total. The van der Waals surface area contributed by atoms with Crippen LogP contribution in [0.5, 0.6) is 0 Å². The normalized spacial score (nSPS) is 18.6. The summed E-state index contributed by atoms with van der Waals surface area (Å²) in [5.41, 5.74) is 0.679. The topological polar surface area (TPSA) is 92.5 Å². The molecule has 2 heterocycles. The van der Waals surface area contributed by atoms with Crippen LogP contribution in [0.1, 0.15) is 48.9 Å². The van der Waals surface area contributed by atoms with Crippen LogP contribution in [0.25, 0.3) is 0 Å². The van der Waals surface area contributed by atoms with E-state index in [0.717, 1.165) is 25.7 Å². The maximum atomic E-state index is 12.9. The minimum atomic E-state index is -3.52. The van der Waals surface area contributed by atoms with Gasteiger partial charge in [-0.05, 0) is 50.5 Å². The lowest BCUT2D eigenvalue weighted by atomic mass is 10.0. The van der Waals surface area contributed by atoms with Crippen LogP contribution in [0.2, 0.25) is 0 Å². The van der Waals surface area contributed by atoms with Gasteiger partial charge >= 0.3 is 0 Å². The van der Waals surface area contributed by atoms with Crippen molar-refractivity contribution in [3.05, 3.63) is 41.8 Å². The summed E-state index contributed by atoms with van der Waals surface area (Å²) in [6.07, 6.45) is 3.67. The van der Waals surface area contributed by atoms with Gasteiger partial charge in [-0.1, -0.05) is 18.5 Å². The maximum Gasteiger partial charge on any atom is 0.277 e. The third-order valence-corrected chi connectivity index (χ3v) is 6.59. The number of piperidine rings is 1. The molecule has 0 saturated carbocycles. The number of hydrogen-bond donors (Lipinski definition) is 1. The summed E-state index contributed by atoms with van der Waals surface area (Å²) >= 11 is 0. The molecule has 26 heavy (non-hydrogen) atoms. The van der Waals surface area contributed by atoms with Gasteiger partial charge in [-0.2, -0.15) is 4.31 Å². The van der Waals surface area contributed by atoms with Gasteiger partial charge in [-0.3, -0.25) is 4.79 Å². The molecule has 0 bridgehead atoms. The number of aromatic nitrogens is 1. The predicted octanol–water partition coefficient (Wildman–Crippen LogP) is 3.19. The molecule has 0 aliphatic carbocycles. The van der Waals surface area contributed by atoms with Gasteiger partial charge in [0.2, 0.25) is 10.0 Å². The van der Waals surface area contributed by atoms with Crippen LogP contribution in [-0.4, -0.2) is 36.4 Å². The van der Waals surface area contributed by atoms with E-state index in [4.69, 9.17) is 4.52 Å². The van der Waals surface area contributed by atoms with E-state index in [1.165, 1.54) is 18.2 Å². The van der Waals surface area contributed by atoms with Gasteiger partial charge in [-0.25, -0.2) is 8.42 Å². The second-order valence-corrected chi connectivity index (χ2v) is 8.37. The molecule has 0 radical (unpaired) electrons. The molecule has 140 valence electrons. The third-order valence-electron chi connectivity index (χ3n) is 4.62. The molecular formula is C18H23N3O4S. The summed E-state index contributed by atoms with van der Waals surface area (Å²) in [7, 11) is -3.52. The molecule has 8 heteroatoms. The number of amides is 1. The summed E-state index contributed by atoms with van der Waals surface area (Å²) in [4.78, 5) is 12.3. The van der Waals surface area contributed by atoms with Crippen molar-refractivity contribution in [2.45, 2.75) is 50.5 Å². The molecule has 2 aromatic rings. The van der Waals surface area contributed by atoms with Gasteiger partial charge in [0.1, 0.15) is 5.76 Å². The Kier molecular flexibility index (Phi) is 5.43. The lowest BCUT2D eigenvalue weighted by molar-refractivity contribution is 0.101. The Hall–Kier alpha value is -2.19. The Balaban J connectivity index is 1.75. The highest BCUT2D eigenvalue weighted by Gasteiger charge is 2.32. The fourth-order valence-corrected chi connectivity index (χ4v) is 4.98. The number of carbonyl (C=O) groups is 1. The van der Waals surface area contributed by atoms with Crippen molar-refractivity contribution in [3.8, 4) is 0 Å². The summed E-state index contributed by atoms with van der Waals surface area (Å²) in [5.74, 6) is 0.142.